The Bertz CT molecular complexity index is 695. The highest BCUT2D eigenvalue weighted by Crippen LogP contribution is 2.22. The van der Waals surface area contributed by atoms with Crippen molar-refractivity contribution in [1.29, 1.82) is 0 Å². The van der Waals surface area contributed by atoms with Gasteiger partial charge in [-0.15, -0.1) is 0 Å². The van der Waals surface area contributed by atoms with E-state index in [1.165, 1.54) is 0 Å². The maximum Gasteiger partial charge on any atom is 0.242 e. The maximum atomic E-state index is 12.2. The van der Waals surface area contributed by atoms with Gasteiger partial charge in [0.1, 0.15) is 0 Å². The van der Waals surface area contributed by atoms with Crippen molar-refractivity contribution in [2.24, 2.45) is 7.05 Å². The molecule has 5 nitrogen and oxygen atoms in total. The second-order valence-corrected chi connectivity index (χ2v) is 6.83. The van der Waals surface area contributed by atoms with Crippen molar-refractivity contribution in [3.63, 3.8) is 0 Å². The summed E-state index contributed by atoms with van der Waals surface area (Å²) in [5.74, 6) is 0. The molecule has 1 aromatic heterocycles. The van der Waals surface area contributed by atoms with E-state index in [0.717, 1.165) is 5.56 Å². The summed E-state index contributed by atoms with van der Waals surface area (Å²) in [6.45, 7) is 2.08. The average Bonchev–Trinajstić information content (AvgIpc) is 2.72. The summed E-state index contributed by atoms with van der Waals surface area (Å²) >= 11 is 3.27. The third-order valence-electron chi connectivity index (χ3n) is 2.59. The molecule has 0 radical (unpaired) electrons. The van der Waals surface area contributed by atoms with Crippen LogP contribution in [-0.2, 0) is 23.6 Å². The average molecular weight is 344 g/mol. The van der Waals surface area contributed by atoms with Crippen LogP contribution in [0.5, 0.6) is 0 Å². The first-order valence-electron chi connectivity index (χ1n) is 5.63. The van der Waals surface area contributed by atoms with Crippen LogP contribution in [0.2, 0.25) is 0 Å². The van der Waals surface area contributed by atoms with Gasteiger partial charge >= 0.3 is 0 Å². The minimum Gasteiger partial charge on any atom is -0.276 e. The van der Waals surface area contributed by atoms with E-state index in [-0.39, 0.29) is 11.4 Å². The summed E-state index contributed by atoms with van der Waals surface area (Å²) in [6, 6.07) is 6.89. The molecule has 0 spiro atoms. The van der Waals surface area contributed by atoms with Gasteiger partial charge in [0, 0.05) is 17.7 Å². The van der Waals surface area contributed by atoms with Crippen molar-refractivity contribution in [3.05, 3.63) is 46.2 Å². The molecule has 0 bridgehead atoms. The minimum absolute atomic E-state index is 0.170. The minimum atomic E-state index is -3.54. The van der Waals surface area contributed by atoms with E-state index in [0.29, 0.717) is 10.2 Å². The fourth-order valence-electron chi connectivity index (χ4n) is 1.63. The molecule has 7 heteroatoms. The summed E-state index contributed by atoms with van der Waals surface area (Å²) in [5.41, 5.74) is 1.67. The number of hydrogen-bond donors (Lipinski definition) is 1. The summed E-state index contributed by atoms with van der Waals surface area (Å²) < 4.78 is 29.1. The number of nitrogens with one attached hydrogen (secondary N) is 1. The second kappa shape index (κ2) is 5.44. The van der Waals surface area contributed by atoms with Crippen molar-refractivity contribution in [1.82, 2.24) is 14.5 Å². The number of nitrogens with zero attached hydrogens (tertiary/aromatic N) is 2. The predicted octanol–water partition coefficient (Wildman–Crippen LogP) is 1.97. The van der Waals surface area contributed by atoms with E-state index in [1.54, 1.807) is 42.2 Å². The van der Waals surface area contributed by atoms with E-state index < -0.39 is 10.0 Å². The Balaban J connectivity index is 2.18. The number of aromatic nitrogens is 2. The number of halogens is 1. The van der Waals surface area contributed by atoms with E-state index in [4.69, 9.17) is 0 Å². The van der Waals surface area contributed by atoms with Gasteiger partial charge in [-0.25, -0.2) is 13.1 Å². The molecule has 0 saturated heterocycles. The molecule has 0 saturated carbocycles. The van der Waals surface area contributed by atoms with Crippen LogP contribution in [0.15, 0.2) is 39.8 Å². The van der Waals surface area contributed by atoms with Gasteiger partial charge in [0.2, 0.25) is 10.0 Å². The molecule has 19 heavy (non-hydrogen) atoms. The van der Waals surface area contributed by atoms with E-state index >= 15 is 0 Å². The third-order valence-corrected chi connectivity index (χ3v) is 4.97. The van der Waals surface area contributed by atoms with Crippen molar-refractivity contribution in [3.8, 4) is 0 Å². The largest absolute Gasteiger partial charge is 0.276 e. The smallest absolute Gasteiger partial charge is 0.242 e. The Morgan fingerprint density at radius 1 is 1.37 bits per heavy atom. The number of benzene rings is 1. The van der Waals surface area contributed by atoms with Crippen LogP contribution in [0.3, 0.4) is 0 Å². The lowest BCUT2D eigenvalue weighted by molar-refractivity contribution is 0.579. The molecule has 0 unspecified atom stereocenters. The Morgan fingerprint density at radius 2 is 2.11 bits per heavy atom. The molecule has 2 rings (SSSR count). The fourth-order valence-corrected chi connectivity index (χ4v) is 3.82. The lowest BCUT2D eigenvalue weighted by Gasteiger charge is -2.08. The SMILES string of the molecule is Cc1ccc(S(=O)(=O)NCc2ccn(C)n2)c(Br)c1. The summed E-state index contributed by atoms with van der Waals surface area (Å²) in [7, 11) is -1.76. The molecule has 2 aromatic rings. The molecular formula is C12H14BrN3O2S. The lowest BCUT2D eigenvalue weighted by atomic mass is 10.2. The standard InChI is InChI=1S/C12H14BrN3O2S/c1-9-3-4-12(11(13)7-9)19(17,18)14-8-10-5-6-16(2)15-10/h3-7,14H,8H2,1-2H3. The van der Waals surface area contributed by atoms with Crippen LogP contribution in [0, 0.1) is 6.92 Å². The van der Waals surface area contributed by atoms with Crippen LogP contribution >= 0.6 is 15.9 Å². The van der Waals surface area contributed by atoms with Gasteiger partial charge in [0.05, 0.1) is 17.1 Å². The Hall–Kier alpha value is -1.18. The third kappa shape index (κ3) is 3.43. The van der Waals surface area contributed by atoms with Gasteiger partial charge in [-0.2, -0.15) is 5.10 Å². The maximum absolute atomic E-state index is 12.2. The van der Waals surface area contributed by atoms with Crippen molar-refractivity contribution < 1.29 is 8.42 Å². The van der Waals surface area contributed by atoms with Crippen molar-refractivity contribution >= 4 is 26.0 Å². The zero-order chi connectivity index (χ0) is 14.0. The van der Waals surface area contributed by atoms with Gasteiger partial charge in [-0.05, 0) is 46.6 Å². The molecule has 1 N–H and O–H groups in total. The highest BCUT2D eigenvalue weighted by molar-refractivity contribution is 9.10. The Kier molecular flexibility index (Phi) is 4.07. The molecule has 1 aromatic carbocycles. The molecule has 0 fully saturated rings. The second-order valence-electron chi connectivity index (χ2n) is 4.24. The van der Waals surface area contributed by atoms with Gasteiger partial charge in [0.25, 0.3) is 0 Å². The topological polar surface area (TPSA) is 64.0 Å². The normalized spacial score (nSPS) is 11.7. The van der Waals surface area contributed by atoms with Crippen LogP contribution in [-0.4, -0.2) is 18.2 Å². The van der Waals surface area contributed by atoms with Crippen molar-refractivity contribution in [2.75, 3.05) is 0 Å². The fraction of sp³-hybridized carbons (Fsp3) is 0.250. The van der Waals surface area contributed by atoms with Gasteiger partial charge in [-0.3, -0.25) is 4.68 Å². The highest BCUT2D eigenvalue weighted by atomic mass is 79.9. The van der Waals surface area contributed by atoms with Crippen LogP contribution in [0.25, 0.3) is 0 Å². The Morgan fingerprint density at radius 3 is 2.68 bits per heavy atom. The molecule has 102 valence electrons. The lowest BCUT2D eigenvalue weighted by Crippen LogP contribution is -2.24. The zero-order valence-electron chi connectivity index (χ0n) is 10.6. The van der Waals surface area contributed by atoms with Crippen LogP contribution in [0.4, 0.5) is 0 Å². The van der Waals surface area contributed by atoms with E-state index in [1.807, 2.05) is 6.92 Å². The molecule has 0 aliphatic heterocycles. The van der Waals surface area contributed by atoms with Gasteiger partial charge in [0.15, 0.2) is 0 Å². The zero-order valence-corrected chi connectivity index (χ0v) is 13.0. The molecular weight excluding hydrogens is 330 g/mol. The number of sulfonamides is 1. The number of hydrogen-bond acceptors (Lipinski definition) is 3. The van der Waals surface area contributed by atoms with Crippen LogP contribution in [0.1, 0.15) is 11.3 Å². The summed E-state index contributed by atoms with van der Waals surface area (Å²) in [4.78, 5) is 0.231. The molecule has 1 heterocycles. The summed E-state index contributed by atoms with van der Waals surface area (Å²) in [5, 5.41) is 4.12. The first kappa shape index (κ1) is 14.2. The first-order chi connectivity index (χ1) is 8.88. The van der Waals surface area contributed by atoms with E-state index in [9.17, 15) is 8.42 Å². The predicted molar refractivity (Wildman–Crippen MR) is 76.1 cm³/mol. The van der Waals surface area contributed by atoms with Crippen molar-refractivity contribution in [2.45, 2.75) is 18.4 Å². The van der Waals surface area contributed by atoms with E-state index in [2.05, 4.69) is 25.8 Å². The van der Waals surface area contributed by atoms with Gasteiger partial charge in [-0.1, -0.05) is 6.07 Å². The number of rotatable bonds is 4. The molecule has 0 aliphatic carbocycles. The Labute approximate surface area is 120 Å². The molecule has 0 amide bonds. The monoisotopic (exact) mass is 343 g/mol. The molecule has 0 atom stereocenters. The highest BCUT2D eigenvalue weighted by Gasteiger charge is 2.17. The molecule has 0 aliphatic rings. The summed E-state index contributed by atoms with van der Waals surface area (Å²) in [6.07, 6.45) is 1.77. The first-order valence-corrected chi connectivity index (χ1v) is 7.90. The number of aryl methyl sites for hydroxylation is 2. The van der Waals surface area contributed by atoms with Crippen LogP contribution < -0.4 is 4.72 Å². The quantitative estimate of drug-likeness (QED) is 0.922. The van der Waals surface area contributed by atoms with Gasteiger partial charge < -0.3 is 0 Å².